The fourth-order valence-electron chi connectivity index (χ4n) is 3.33. The van der Waals surface area contributed by atoms with Crippen molar-refractivity contribution in [2.75, 3.05) is 5.32 Å². The van der Waals surface area contributed by atoms with Crippen LogP contribution in [0.2, 0.25) is 0 Å². The summed E-state index contributed by atoms with van der Waals surface area (Å²) in [5, 5.41) is 9.91. The van der Waals surface area contributed by atoms with Crippen LogP contribution < -0.4 is 15.4 Å². The van der Waals surface area contributed by atoms with E-state index in [1.165, 1.54) is 12.5 Å². The van der Waals surface area contributed by atoms with E-state index in [2.05, 4.69) is 30.7 Å². The molecule has 4 aromatic rings. The van der Waals surface area contributed by atoms with Crippen molar-refractivity contribution in [3.8, 4) is 11.6 Å². The van der Waals surface area contributed by atoms with E-state index < -0.39 is 0 Å². The van der Waals surface area contributed by atoms with Gasteiger partial charge >= 0.3 is 0 Å². The molecule has 0 saturated heterocycles. The van der Waals surface area contributed by atoms with Gasteiger partial charge in [0.2, 0.25) is 5.88 Å². The number of nitrogens with zero attached hydrogens (tertiary/aromatic N) is 5. The highest BCUT2D eigenvalue weighted by atomic mass is 16.5. The molecule has 10 heteroatoms. The second-order valence-electron chi connectivity index (χ2n) is 8.32. The Morgan fingerprint density at radius 2 is 2.10 bits per heavy atom. The normalized spacial score (nSPS) is 13.4. The molecule has 0 saturated carbocycles. The van der Waals surface area contributed by atoms with Crippen LogP contribution in [-0.2, 0) is 18.5 Å². The first kappa shape index (κ1) is 19.2. The Morgan fingerprint density at radius 3 is 2.90 bits per heavy atom. The molecule has 5 heterocycles. The van der Waals surface area contributed by atoms with Gasteiger partial charge in [0.1, 0.15) is 29.2 Å². The monoisotopic (exact) mass is 419 g/mol. The lowest BCUT2D eigenvalue weighted by Gasteiger charge is -2.12. The van der Waals surface area contributed by atoms with Crippen molar-refractivity contribution in [2.45, 2.75) is 39.3 Å². The summed E-state index contributed by atoms with van der Waals surface area (Å²) in [5.74, 6) is 1.80. The van der Waals surface area contributed by atoms with Gasteiger partial charge in [-0.05, 0) is 6.07 Å². The van der Waals surface area contributed by atoms with Crippen molar-refractivity contribution >= 4 is 17.4 Å². The fourth-order valence-corrected chi connectivity index (χ4v) is 3.33. The van der Waals surface area contributed by atoms with E-state index in [1.807, 2.05) is 20.8 Å². The Bertz CT molecular complexity index is 1290. The summed E-state index contributed by atoms with van der Waals surface area (Å²) in [6, 6.07) is 5.24. The largest absolute Gasteiger partial charge is 0.438 e. The van der Waals surface area contributed by atoms with Crippen molar-refractivity contribution in [3.05, 3.63) is 59.6 Å². The van der Waals surface area contributed by atoms with Crippen LogP contribution in [0, 0.1) is 0 Å². The SMILES string of the molecule is CC(C)(C)c1cc(NC(=O)c2cnc3cc(Oc4ncnc5c4CNC5)ccn23)no1. The second-order valence-corrected chi connectivity index (χ2v) is 8.32. The molecule has 0 fully saturated rings. The van der Waals surface area contributed by atoms with Gasteiger partial charge in [-0.25, -0.2) is 15.0 Å². The summed E-state index contributed by atoms with van der Waals surface area (Å²) in [4.78, 5) is 25.6. The number of pyridine rings is 1. The average molecular weight is 419 g/mol. The maximum absolute atomic E-state index is 12.7. The molecule has 1 aliphatic heterocycles. The number of aromatic nitrogens is 5. The van der Waals surface area contributed by atoms with E-state index >= 15 is 0 Å². The molecule has 158 valence electrons. The number of hydrogen-bond donors (Lipinski definition) is 2. The lowest BCUT2D eigenvalue weighted by molar-refractivity contribution is 0.102. The molecule has 1 amide bonds. The van der Waals surface area contributed by atoms with Gasteiger partial charge in [-0.3, -0.25) is 9.20 Å². The lowest BCUT2D eigenvalue weighted by atomic mass is 9.93. The standard InChI is InChI=1S/C21H21N7O3/c1-21(2,3)16-7-17(27-31-16)26-19(29)15-10-23-18-6-12(4-5-28(15)18)30-20-13-8-22-9-14(13)24-11-25-20/h4-7,10-11,22H,8-9H2,1-3H3,(H,26,27,29). The Morgan fingerprint density at radius 1 is 1.23 bits per heavy atom. The van der Waals surface area contributed by atoms with Gasteiger partial charge in [-0.1, -0.05) is 25.9 Å². The quantitative estimate of drug-likeness (QED) is 0.518. The predicted molar refractivity (Wildman–Crippen MR) is 111 cm³/mol. The minimum Gasteiger partial charge on any atom is -0.438 e. The molecule has 0 atom stereocenters. The molecule has 4 aromatic heterocycles. The zero-order valence-electron chi connectivity index (χ0n) is 17.3. The minimum absolute atomic E-state index is 0.199. The molecule has 5 rings (SSSR count). The molecule has 0 aliphatic carbocycles. The zero-order chi connectivity index (χ0) is 21.6. The van der Waals surface area contributed by atoms with E-state index in [-0.39, 0.29) is 11.3 Å². The van der Waals surface area contributed by atoms with Crippen LogP contribution in [0.4, 0.5) is 5.82 Å². The van der Waals surface area contributed by atoms with Gasteiger partial charge in [-0.2, -0.15) is 0 Å². The van der Waals surface area contributed by atoms with Crippen molar-refractivity contribution in [2.24, 2.45) is 0 Å². The fraction of sp³-hybridized carbons (Fsp3) is 0.286. The highest BCUT2D eigenvalue weighted by molar-refractivity contribution is 6.03. The van der Waals surface area contributed by atoms with Crippen LogP contribution in [0.5, 0.6) is 11.6 Å². The second kappa shape index (κ2) is 7.17. The molecule has 0 aromatic carbocycles. The number of ether oxygens (including phenoxy) is 1. The summed E-state index contributed by atoms with van der Waals surface area (Å²) >= 11 is 0. The van der Waals surface area contributed by atoms with Crippen LogP contribution in [0.25, 0.3) is 5.65 Å². The molecular weight excluding hydrogens is 398 g/mol. The van der Waals surface area contributed by atoms with Crippen LogP contribution in [-0.4, -0.2) is 30.4 Å². The average Bonchev–Trinajstić information content (AvgIpc) is 3.46. The van der Waals surface area contributed by atoms with Gasteiger partial charge in [-0.15, -0.1) is 0 Å². The number of amides is 1. The van der Waals surface area contributed by atoms with Crippen molar-refractivity contribution < 1.29 is 14.1 Å². The highest BCUT2D eigenvalue weighted by Crippen LogP contribution is 2.28. The molecule has 0 radical (unpaired) electrons. The van der Waals surface area contributed by atoms with Gasteiger partial charge in [0.25, 0.3) is 5.91 Å². The van der Waals surface area contributed by atoms with E-state index in [9.17, 15) is 4.79 Å². The number of carbonyl (C=O) groups excluding carboxylic acids is 1. The van der Waals surface area contributed by atoms with Crippen molar-refractivity contribution in [3.63, 3.8) is 0 Å². The lowest BCUT2D eigenvalue weighted by Crippen LogP contribution is -2.14. The van der Waals surface area contributed by atoms with Crippen molar-refractivity contribution in [1.82, 2.24) is 29.8 Å². The first-order valence-electron chi connectivity index (χ1n) is 9.85. The molecule has 0 bridgehead atoms. The van der Waals surface area contributed by atoms with Crippen molar-refractivity contribution in [1.29, 1.82) is 0 Å². The van der Waals surface area contributed by atoms with Gasteiger partial charge < -0.3 is 19.9 Å². The Labute approximate surface area is 177 Å². The highest BCUT2D eigenvalue weighted by Gasteiger charge is 2.22. The van der Waals surface area contributed by atoms with E-state index in [0.29, 0.717) is 47.6 Å². The van der Waals surface area contributed by atoms with Gasteiger partial charge in [0.15, 0.2) is 5.82 Å². The summed E-state index contributed by atoms with van der Waals surface area (Å²) in [5.41, 5.74) is 2.63. The third-order valence-corrected chi connectivity index (χ3v) is 5.01. The molecule has 31 heavy (non-hydrogen) atoms. The molecule has 0 spiro atoms. The van der Waals surface area contributed by atoms with E-state index in [4.69, 9.17) is 9.26 Å². The third kappa shape index (κ3) is 3.61. The molecule has 2 N–H and O–H groups in total. The van der Waals surface area contributed by atoms with Gasteiger partial charge in [0, 0.05) is 36.8 Å². The topological polar surface area (TPSA) is 119 Å². The van der Waals surface area contributed by atoms with E-state index in [1.54, 1.807) is 28.8 Å². The summed E-state index contributed by atoms with van der Waals surface area (Å²) < 4.78 is 13.0. The number of hydrogen-bond acceptors (Lipinski definition) is 8. The molecule has 1 aliphatic rings. The molecule has 0 unspecified atom stereocenters. The number of fused-ring (bicyclic) bond motifs is 2. The van der Waals surface area contributed by atoms with E-state index in [0.717, 1.165) is 11.3 Å². The smallest absolute Gasteiger partial charge is 0.275 e. The summed E-state index contributed by atoms with van der Waals surface area (Å²) in [6.45, 7) is 7.40. The predicted octanol–water partition coefficient (Wildman–Crippen LogP) is 3.06. The number of rotatable bonds is 4. The minimum atomic E-state index is -0.338. The van der Waals surface area contributed by atoms with Crippen LogP contribution in [0.3, 0.4) is 0 Å². The maximum Gasteiger partial charge on any atom is 0.275 e. The molecule has 10 nitrogen and oxygen atoms in total. The van der Waals surface area contributed by atoms with Crippen LogP contribution >= 0.6 is 0 Å². The number of imidazole rings is 1. The van der Waals surface area contributed by atoms with Gasteiger partial charge in [0.05, 0.1) is 17.5 Å². The Kier molecular flexibility index (Phi) is 4.44. The number of nitrogens with one attached hydrogen (secondary N) is 2. The Hall–Kier alpha value is -3.79. The number of anilines is 1. The summed E-state index contributed by atoms with van der Waals surface area (Å²) in [6.07, 6.45) is 4.73. The van der Waals surface area contributed by atoms with Crippen LogP contribution in [0.1, 0.15) is 48.3 Å². The first-order chi connectivity index (χ1) is 14.9. The maximum atomic E-state index is 12.7. The number of carbonyl (C=O) groups is 1. The summed E-state index contributed by atoms with van der Waals surface area (Å²) in [7, 11) is 0. The Balaban J connectivity index is 1.36. The third-order valence-electron chi connectivity index (χ3n) is 5.01. The first-order valence-corrected chi connectivity index (χ1v) is 9.85. The van der Waals surface area contributed by atoms with Crippen LogP contribution in [0.15, 0.2) is 41.4 Å². The zero-order valence-corrected chi connectivity index (χ0v) is 17.3. The molecular formula is C21H21N7O3.